The van der Waals surface area contributed by atoms with Gasteiger partial charge in [0.2, 0.25) is 0 Å². The van der Waals surface area contributed by atoms with Gasteiger partial charge in [0.1, 0.15) is 0 Å². The summed E-state index contributed by atoms with van der Waals surface area (Å²) in [6, 6.07) is 99.3. The first-order valence-electron chi connectivity index (χ1n) is 23.7. The Kier molecular flexibility index (Phi) is 8.45. The summed E-state index contributed by atoms with van der Waals surface area (Å²) in [4.78, 5) is 5.07. The summed E-state index contributed by atoms with van der Waals surface area (Å²) in [7, 11) is 0. The van der Waals surface area contributed by atoms with Crippen molar-refractivity contribution in [2.75, 3.05) is 9.80 Å². The Morgan fingerprint density at radius 1 is 0.206 bits per heavy atom. The first-order valence-corrected chi connectivity index (χ1v) is 23.7. The molecule has 12 aromatic rings. The molecule has 0 unspecified atom stereocenters. The number of hydrogen-bond acceptors (Lipinski definition) is 2. The number of hydrogen-bond donors (Lipinski definition) is 0. The van der Waals surface area contributed by atoms with Gasteiger partial charge in [-0.05, 0) is 102 Å². The first-order chi connectivity index (χ1) is 33.8. The Bertz CT molecular complexity index is 3430. The van der Waals surface area contributed by atoms with Gasteiger partial charge in [-0.2, -0.15) is 0 Å². The second kappa shape index (κ2) is 14.9. The van der Waals surface area contributed by atoms with Gasteiger partial charge in [-0.1, -0.05) is 231 Å². The first kappa shape index (κ1) is 38.5. The van der Waals surface area contributed by atoms with E-state index in [0.29, 0.717) is 0 Å². The van der Waals surface area contributed by atoms with Gasteiger partial charge in [0, 0.05) is 10.8 Å². The zero-order valence-electron chi connectivity index (χ0n) is 37.3. The van der Waals surface area contributed by atoms with Crippen LogP contribution in [0.15, 0.2) is 267 Å². The van der Waals surface area contributed by atoms with Crippen LogP contribution in [0.25, 0.3) is 32.3 Å². The maximum atomic E-state index is 2.53. The summed E-state index contributed by atoms with van der Waals surface area (Å²) in [5.41, 5.74) is 16.0. The van der Waals surface area contributed by atoms with Gasteiger partial charge in [0.15, 0.2) is 0 Å². The van der Waals surface area contributed by atoms with Crippen molar-refractivity contribution in [3.05, 3.63) is 311 Å². The number of benzene rings is 12. The van der Waals surface area contributed by atoms with Crippen LogP contribution < -0.4 is 9.80 Å². The van der Waals surface area contributed by atoms with E-state index in [4.69, 9.17) is 0 Å². The molecule has 2 aliphatic heterocycles. The largest absolute Gasteiger partial charge is 0.309 e. The summed E-state index contributed by atoms with van der Waals surface area (Å²) < 4.78 is 0. The molecule has 0 aliphatic carbocycles. The highest BCUT2D eigenvalue weighted by Crippen LogP contribution is 2.61. The van der Waals surface area contributed by atoms with E-state index in [1.807, 2.05) is 0 Å². The van der Waals surface area contributed by atoms with E-state index >= 15 is 0 Å². The van der Waals surface area contributed by atoms with Crippen LogP contribution in [0, 0.1) is 0 Å². The van der Waals surface area contributed by atoms with Crippen molar-refractivity contribution >= 4 is 66.4 Å². The van der Waals surface area contributed by atoms with Crippen LogP contribution in [0.4, 0.5) is 34.1 Å². The van der Waals surface area contributed by atoms with E-state index in [2.05, 4.69) is 277 Å². The minimum atomic E-state index is -0.537. The Balaban J connectivity index is 1.02. The summed E-state index contributed by atoms with van der Waals surface area (Å²) in [6.45, 7) is 0. The molecule has 68 heavy (non-hydrogen) atoms. The molecule has 0 saturated heterocycles. The molecule has 2 heterocycles. The molecular formula is C66H44N2. The predicted octanol–water partition coefficient (Wildman–Crippen LogP) is 16.9. The van der Waals surface area contributed by atoms with Crippen LogP contribution in [0.5, 0.6) is 0 Å². The second-order valence-electron chi connectivity index (χ2n) is 18.3. The SMILES string of the molecule is c1ccc(C2(c3ccccc3)c3ccccc3N(c3ccc4ccc5c(N6c7ccccc7C(c7ccccc7)(c7ccccc7)c7ccccc76)ccc6ccc3c4c65)c3ccccc32)cc1. The molecular weight excluding hydrogens is 821 g/mol. The number of nitrogens with zero attached hydrogens (tertiary/aromatic N) is 2. The highest BCUT2D eigenvalue weighted by Gasteiger charge is 2.48. The van der Waals surface area contributed by atoms with Gasteiger partial charge < -0.3 is 9.80 Å². The molecule has 14 rings (SSSR count). The van der Waals surface area contributed by atoms with Crippen molar-refractivity contribution in [2.45, 2.75) is 10.8 Å². The van der Waals surface area contributed by atoms with Crippen molar-refractivity contribution in [3.8, 4) is 0 Å². The lowest BCUT2D eigenvalue weighted by Gasteiger charge is -2.47. The molecule has 0 atom stereocenters. The van der Waals surface area contributed by atoms with Crippen LogP contribution in [0.1, 0.15) is 44.5 Å². The quantitative estimate of drug-likeness (QED) is 0.154. The van der Waals surface area contributed by atoms with Crippen LogP contribution >= 0.6 is 0 Å². The molecule has 0 radical (unpaired) electrons. The van der Waals surface area contributed by atoms with Crippen LogP contribution in [-0.2, 0) is 10.8 Å². The molecule has 0 saturated carbocycles. The van der Waals surface area contributed by atoms with Gasteiger partial charge in [0.25, 0.3) is 0 Å². The third kappa shape index (κ3) is 5.17. The van der Waals surface area contributed by atoms with E-state index in [0.717, 1.165) is 11.4 Å². The summed E-state index contributed by atoms with van der Waals surface area (Å²) in [5, 5.41) is 7.46. The third-order valence-corrected chi connectivity index (χ3v) is 15.1. The second-order valence-corrected chi connectivity index (χ2v) is 18.3. The van der Waals surface area contributed by atoms with Gasteiger partial charge in [-0.25, -0.2) is 0 Å². The van der Waals surface area contributed by atoms with E-state index in [-0.39, 0.29) is 0 Å². The molecule has 0 N–H and O–H groups in total. The highest BCUT2D eigenvalue weighted by atomic mass is 15.2. The lowest BCUT2D eigenvalue weighted by Crippen LogP contribution is -2.37. The lowest BCUT2D eigenvalue weighted by molar-refractivity contribution is 0.731. The summed E-state index contributed by atoms with van der Waals surface area (Å²) >= 11 is 0. The van der Waals surface area contributed by atoms with E-state index < -0.39 is 10.8 Å². The van der Waals surface area contributed by atoms with E-state index in [1.165, 1.54) is 99.6 Å². The topological polar surface area (TPSA) is 6.48 Å². The summed E-state index contributed by atoms with van der Waals surface area (Å²) in [5.74, 6) is 0. The Morgan fingerprint density at radius 3 is 0.750 bits per heavy atom. The minimum absolute atomic E-state index is 0.537. The fourth-order valence-corrected chi connectivity index (χ4v) is 12.5. The van der Waals surface area contributed by atoms with Crippen molar-refractivity contribution < 1.29 is 0 Å². The normalized spacial score (nSPS) is 14.4. The van der Waals surface area contributed by atoms with E-state index in [9.17, 15) is 0 Å². The monoisotopic (exact) mass is 864 g/mol. The minimum Gasteiger partial charge on any atom is -0.309 e. The molecule has 0 fully saturated rings. The van der Waals surface area contributed by atoms with Crippen LogP contribution in [-0.4, -0.2) is 0 Å². The van der Waals surface area contributed by atoms with Gasteiger partial charge in [-0.3, -0.25) is 0 Å². The van der Waals surface area contributed by atoms with Crippen molar-refractivity contribution in [1.29, 1.82) is 0 Å². The fraction of sp³-hybridized carbons (Fsp3) is 0.0303. The molecule has 12 aromatic carbocycles. The number of para-hydroxylation sites is 4. The number of fused-ring (bicyclic) bond motifs is 4. The maximum Gasteiger partial charge on any atom is 0.0742 e. The van der Waals surface area contributed by atoms with Gasteiger partial charge >= 0.3 is 0 Å². The molecule has 2 nitrogen and oxygen atoms in total. The Labute approximate surface area is 396 Å². The van der Waals surface area contributed by atoms with Crippen molar-refractivity contribution in [2.24, 2.45) is 0 Å². The highest BCUT2D eigenvalue weighted by molar-refractivity contribution is 6.28. The average molecular weight is 865 g/mol. The molecule has 2 aliphatic rings. The smallest absolute Gasteiger partial charge is 0.0742 e. The van der Waals surface area contributed by atoms with Crippen molar-refractivity contribution in [3.63, 3.8) is 0 Å². The maximum absolute atomic E-state index is 2.53. The molecule has 0 amide bonds. The predicted molar refractivity (Wildman–Crippen MR) is 283 cm³/mol. The zero-order chi connectivity index (χ0) is 44.8. The average Bonchev–Trinajstić information content (AvgIpc) is 3.42. The van der Waals surface area contributed by atoms with Gasteiger partial charge in [-0.15, -0.1) is 0 Å². The number of rotatable bonds is 6. The van der Waals surface area contributed by atoms with Crippen LogP contribution in [0.3, 0.4) is 0 Å². The van der Waals surface area contributed by atoms with Gasteiger partial charge in [0.05, 0.1) is 45.0 Å². The fourth-order valence-electron chi connectivity index (χ4n) is 12.5. The molecule has 318 valence electrons. The zero-order valence-corrected chi connectivity index (χ0v) is 37.3. The number of anilines is 6. The van der Waals surface area contributed by atoms with Crippen LogP contribution in [0.2, 0.25) is 0 Å². The molecule has 0 aromatic heterocycles. The standard InChI is InChI=1S/C66H44N2/c1-5-21-47(22-6-1)65(48-23-7-2-8-24-48)53-29-13-17-33-59(53)67(60-34-18-14-30-54(60)65)57-43-39-45-38-42-52-58(44-40-46-37-41-51(57)63(45)64(46)52)68-61-35-19-15-31-55(61)66(49-25-9-3-10-26-49,50-27-11-4-12-28-50)56-32-16-20-36-62(56)68/h1-44H. The molecule has 2 heteroatoms. The molecule has 0 spiro atoms. The van der Waals surface area contributed by atoms with Crippen molar-refractivity contribution in [1.82, 2.24) is 0 Å². The lowest BCUT2D eigenvalue weighted by atomic mass is 9.62. The third-order valence-electron chi connectivity index (χ3n) is 15.1. The van der Waals surface area contributed by atoms with E-state index in [1.54, 1.807) is 0 Å². The Morgan fingerprint density at radius 2 is 0.456 bits per heavy atom. The molecule has 0 bridgehead atoms. The Hall–Kier alpha value is -8.72. The summed E-state index contributed by atoms with van der Waals surface area (Å²) in [6.07, 6.45) is 0.